The van der Waals surface area contributed by atoms with Gasteiger partial charge in [-0.3, -0.25) is 0 Å². The molecule has 1 N–H and O–H groups in total. The molecule has 0 saturated heterocycles. The molecular formula is C12H20N2O2S. The molecule has 1 aromatic heterocycles. The Kier molecular flexibility index (Phi) is 4.93. The van der Waals surface area contributed by atoms with E-state index in [4.69, 9.17) is 17.0 Å². The maximum atomic E-state index is 11.9. The fraction of sp³-hybridized carbons (Fsp3) is 0.667. The first kappa shape index (κ1) is 14.0. The van der Waals surface area contributed by atoms with Crippen molar-refractivity contribution >= 4 is 18.2 Å². The normalized spacial score (nSPS) is 12.8. The highest BCUT2D eigenvalue weighted by atomic mass is 32.1. The van der Waals surface area contributed by atoms with E-state index in [1.165, 1.54) is 7.11 Å². The second-order valence-electron chi connectivity index (χ2n) is 4.48. The van der Waals surface area contributed by atoms with Crippen molar-refractivity contribution in [3.63, 3.8) is 0 Å². The molecule has 0 spiro atoms. The van der Waals surface area contributed by atoms with Crippen molar-refractivity contribution < 1.29 is 9.53 Å². The van der Waals surface area contributed by atoms with Crippen molar-refractivity contribution in [1.82, 2.24) is 9.55 Å². The zero-order valence-corrected chi connectivity index (χ0v) is 11.6. The first-order valence-electron chi connectivity index (χ1n) is 5.87. The van der Waals surface area contributed by atoms with Crippen LogP contribution in [-0.4, -0.2) is 22.6 Å². The number of ether oxygens (including phenoxy) is 1. The van der Waals surface area contributed by atoms with Gasteiger partial charge in [-0.2, -0.15) is 0 Å². The molecule has 1 heterocycles. The number of imidazole rings is 1. The van der Waals surface area contributed by atoms with Gasteiger partial charge in [0, 0.05) is 11.9 Å². The minimum atomic E-state index is -0.325. The van der Waals surface area contributed by atoms with Crippen LogP contribution in [0.5, 0.6) is 0 Å². The molecule has 1 rings (SSSR count). The number of esters is 1. The van der Waals surface area contributed by atoms with Gasteiger partial charge in [-0.15, -0.1) is 0 Å². The highest BCUT2D eigenvalue weighted by molar-refractivity contribution is 7.71. The van der Waals surface area contributed by atoms with Crippen LogP contribution in [0.3, 0.4) is 0 Å². The van der Waals surface area contributed by atoms with Crippen LogP contribution in [0.2, 0.25) is 0 Å². The Bertz CT molecular complexity index is 434. The van der Waals surface area contributed by atoms with Gasteiger partial charge in [-0.25, -0.2) is 4.79 Å². The third-order valence-electron chi connectivity index (χ3n) is 2.73. The van der Waals surface area contributed by atoms with E-state index in [1.807, 2.05) is 17.7 Å². The van der Waals surface area contributed by atoms with Crippen molar-refractivity contribution in [3.05, 3.63) is 16.7 Å². The van der Waals surface area contributed by atoms with Crippen molar-refractivity contribution in [2.45, 2.75) is 39.7 Å². The Morgan fingerprint density at radius 3 is 2.71 bits per heavy atom. The summed E-state index contributed by atoms with van der Waals surface area (Å²) in [5.41, 5.74) is 1.03. The highest BCUT2D eigenvalue weighted by Gasteiger charge is 2.24. The lowest BCUT2D eigenvalue weighted by Gasteiger charge is -2.20. The third kappa shape index (κ3) is 3.19. The molecule has 0 radical (unpaired) electrons. The van der Waals surface area contributed by atoms with Crippen molar-refractivity contribution in [3.8, 4) is 0 Å². The van der Waals surface area contributed by atoms with Crippen LogP contribution < -0.4 is 0 Å². The Balaban J connectivity index is 3.16. The molecule has 5 heteroatoms. The van der Waals surface area contributed by atoms with Gasteiger partial charge in [0.15, 0.2) is 4.77 Å². The number of aromatic nitrogens is 2. The average molecular weight is 256 g/mol. The highest BCUT2D eigenvalue weighted by Crippen LogP contribution is 2.22. The monoisotopic (exact) mass is 256 g/mol. The number of carbonyl (C=O) groups excluding carboxylic acids is 1. The van der Waals surface area contributed by atoms with Gasteiger partial charge < -0.3 is 14.3 Å². The number of hydrogen-bond donors (Lipinski definition) is 1. The van der Waals surface area contributed by atoms with Gasteiger partial charge >= 0.3 is 5.97 Å². The number of methoxy groups -OCH3 is 1. The lowest BCUT2D eigenvalue weighted by Crippen LogP contribution is -2.24. The summed E-state index contributed by atoms with van der Waals surface area (Å²) in [7, 11) is 1.41. The molecule has 4 nitrogen and oxygen atoms in total. The molecule has 17 heavy (non-hydrogen) atoms. The number of aryl methyl sites for hydroxylation is 1. The summed E-state index contributed by atoms with van der Waals surface area (Å²) in [5, 5.41) is 0. The van der Waals surface area contributed by atoms with E-state index in [9.17, 15) is 4.79 Å². The van der Waals surface area contributed by atoms with E-state index in [2.05, 4.69) is 18.8 Å². The van der Waals surface area contributed by atoms with Crippen LogP contribution in [0.4, 0.5) is 0 Å². The fourth-order valence-electron chi connectivity index (χ4n) is 1.92. The van der Waals surface area contributed by atoms with E-state index >= 15 is 0 Å². The van der Waals surface area contributed by atoms with Crippen LogP contribution in [-0.2, 0) is 16.0 Å². The fourth-order valence-corrected chi connectivity index (χ4v) is 2.22. The van der Waals surface area contributed by atoms with E-state index in [0.717, 1.165) is 18.5 Å². The molecule has 1 atom stereocenters. The maximum Gasteiger partial charge on any atom is 0.328 e. The van der Waals surface area contributed by atoms with Gasteiger partial charge in [0.2, 0.25) is 0 Å². The summed E-state index contributed by atoms with van der Waals surface area (Å²) in [5.74, 6) is 0.171. The van der Waals surface area contributed by atoms with Crippen LogP contribution in [0.1, 0.15) is 38.9 Å². The summed E-state index contributed by atoms with van der Waals surface area (Å²) in [6.45, 7) is 6.20. The minimum absolute atomic E-state index is 0.232. The van der Waals surface area contributed by atoms with E-state index < -0.39 is 0 Å². The zero-order chi connectivity index (χ0) is 13.0. The summed E-state index contributed by atoms with van der Waals surface area (Å²) >= 11 is 5.24. The number of H-pyrrole nitrogens is 1. The summed E-state index contributed by atoms with van der Waals surface area (Å²) in [6, 6.07) is -0.325. The molecular weight excluding hydrogens is 236 g/mol. The second kappa shape index (κ2) is 6.00. The first-order chi connectivity index (χ1) is 8.01. The topological polar surface area (TPSA) is 47.0 Å². The predicted octanol–water partition coefficient (Wildman–Crippen LogP) is 2.87. The zero-order valence-electron chi connectivity index (χ0n) is 10.8. The third-order valence-corrected chi connectivity index (χ3v) is 3.05. The van der Waals surface area contributed by atoms with Crippen molar-refractivity contribution in [1.29, 1.82) is 0 Å². The van der Waals surface area contributed by atoms with E-state index in [-0.39, 0.29) is 12.0 Å². The molecule has 0 aliphatic heterocycles. The first-order valence-corrected chi connectivity index (χ1v) is 6.28. The molecule has 0 bridgehead atoms. The number of aromatic amines is 1. The summed E-state index contributed by atoms with van der Waals surface area (Å²) < 4.78 is 7.33. The van der Waals surface area contributed by atoms with Crippen LogP contribution >= 0.6 is 12.2 Å². The lowest BCUT2D eigenvalue weighted by molar-refractivity contribution is -0.145. The smallest absolute Gasteiger partial charge is 0.328 e. The molecule has 1 unspecified atom stereocenters. The Morgan fingerprint density at radius 1 is 1.59 bits per heavy atom. The summed E-state index contributed by atoms with van der Waals surface area (Å²) in [6.07, 6.45) is 3.42. The largest absolute Gasteiger partial charge is 0.467 e. The standard InChI is InChI=1S/C12H20N2O2S/c1-5-9-7-13-12(17)14(9)10(6-8(2)3)11(15)16-4/h7-8,10H,5-6H2,1-4H3,(H,13,17). The van der Waals surface area contributed by atoms with E-state index in [0.29, 0.717) is 10.7 Å². The van der Waals surface area contributed by atoms with Crippen LogP contribution in [0.15, 0.2) is 6.20 Å². The van der Waals surface area contributed by atoms with Crippen LogP contribution in [0, 0.1) is 10.7 Å². The summed E-state index contributed by atoms with van der Waals surface area (Å²) in [4.78, 5) is 14.9. The van der Waals surface area contributed by atoms with Crippen molar-refractivity contribution in [2.75, 3.05) is 7.11 Å². The second-order valence-corrected chi connectivity index (χ2v) is 4.86. The molecule has 0 fully saturated rings. The molecule has 0 saturated carbocycles. The predicted molar refractivity (Wildman–Crippen MR) is 69.5 cm³/mol. The van der Waals surface area contributed by atoms with Crippen molar-refractivity contribution in [2.24, 2.45) is 5.92 Å². The van der Waals surface area contributed by atoms with Gasteiger partial charge in [0.05, 0.1) is 7.11 Å². The lowest BCUT2D eigenvalue weighted by atomic mass is 10.0. The maximum absolute atomic E-state index is 11.9. The van der Waals surface area contributed by atoms with Gasteiger partial charge in [-0.1, -0.05) is 20.8 Å². The molecule has 96 valence electrons. The molecule has 0 aliphatic rings. The number of rotatable bonds is 5. The average Bonchev–Trinajstić information content (AvgIpc) is 2.66. The van der Waals surface area contributed by atoms with Gasteiger partial charge in [0.1, 0.15) is 6.04 Å². The Hall–Kier alpha value is -1.10. The number of hydrogen-bond acceptors (Lipinski definition) is 3. The van der Waals surface area contributed by atoms with Crippen LogP contribution in [0.25, 0.3) is 0 Å². The quantitative estimate of drug-likeness (QED) is 0.651. The number of carbonyl (C=O) groups is 1. The Labute approximate surface area is 107 Å². The number of nitrogens with one attached hydrogen (secondary N) is 1. The minimum Gasteiger partial charge on any atom is -0.467 e. The number of nitrogens with zero attached hydrogens (tertiary/aromatic N) is 1. The molecule has 0 amide bonds. The SMILES string of the molecule is CCc1c[nH]c(=S)n1C(CC(C)C)C(=O)OC. The van der Waals surface area contributed by atoms with Gasteiger partial charge in [-0.05, 0) is 31.0 Å². The Morgan fingerprint density at radius 2 is 2.24 bits per heavy atom. The molecule has 0 aromatic carbocycles. The molecule has 0 aliphatic carbocycles. The molecule has 1 aromatic rings. The van der Waals surface area contributed by atoms with Gasteiger partial charge in [0.25, 0.3) is 0 Å². The van der Waals surface area contributed by atoms with E-state index in [1.54, 1.807) is 0 Å².